The van der Waals surface area contributed by atoms with E-state index in [4.69, 9.17) is 52.2 Å². The van der Waals surface area contributed by atoms with Gasteiger partial charge in [0.2, 0.25) is 0 Å². The Morgan fingerprint density at radius 1 is 0.765 bits per heavy atom. The summed E-state index contributed by atoms with van der Waals surface area (Å²) in [7, 11) is 2.84. The van der Waals surface area contributed by atoms with Crippen LogP contribution in [0, 0.1) is 13.8 Å². The monoisotopic (exact) mass is 1020 g/mol. The zero-order chi connectivity index (χ0) is 37.7. The summed E-state index contributed by atoms with van der Waals surface area (Å²) in [5, 5.41) is 10.5. The van der Waals surface area contributed by atoms with Crippen LogP contribution in [0.3, 0.4) is 0 Å². The molecule has 0 aromatic heterocycles. The number of aliphatic hydroxyl groups is 1. The number of methoxy groups -OCH3 is 2. The van der Waals surface area contributed by atoms with E-state index in [1.165, 1.54) is 14.2 Å². The molecule has 4 heterocycles. The maximum atomic E-state index is 12.8. The summed E-state index contributed by atoms with van der Waals surface area (Å²) >= 11 is 28.3. The van der Waals surface area contributed by atoms with Crippen molar-refractivity contribution < 1.29 is 47.9 Å². The van der Waals surface area contributed by atoms with Gasteiger partial charge in [0, 0.05) is 54.4 Å². The van der Waals surface area contributed by atoms with Gasteiger partial charge in [-0.25, -0.2) is 9.59 Å². The van der Waals surface area contributed by atoms with Crippen molar-refractivity contribution in [1.82, 2.24) is 0 Å². The third-order valence-corrected chi connectivity index (χ3v) is 11.2. The Kier molecular flexibility index (Phi) is 15.0. The lowest BCUT2D eigenvalue weighted by Crippen LogP contribution is -2.42. The molecule has 1 N–H and O–H groups in total. The number of esters is 2. The Hall–Kier alpha value is -1.63. The minimum absolute atomic E-state index is 0.0301. The van der Waals surface area contributed by atoms with Crippen LogP contribution in [0.4, 0.5) is 0 Å². The number of hydrogen-bond acceptors (Lipinski definition) is 12. The van der Waals surface area contributed by atoms with Crippen LogP contribution in [0.5, 0.6) is 0 Å². The first-order valence-electron chi connectivity index (χ1n) is 15.3. The van der Waals surface area contributed by atoms with Crippen LogP contribution < -0.4 is 0 Å². The average Bonchev–Trinajstić information content (AvgIpc) is 3.44. The van der Waals surface area contributed by atoms with Gasteiger partial charge in [0.15, 0.2) is 22.7 Å². The first-order chi connectivity index (χ1) is 24.1. The van der Waals surface area contributed by atoms with Gasteiger partial charge in [0.05, 0.1) is 27.4 Å². The van der Waals surface area contributed by atoms with E-state index in [-0.39, 0.29) is 34.3 Å². The van der Waals surface area contributed by atoms with E-state index in [1.54, 1.807) is 0 Å². The Morgan fingerprint density at radius 3 is 1.59 bits per heavy atom. The molecule has 4 aliphatic heterocycles. The van der Waals surface area contributed by atoms with Crippen molar-refractivity contribution in [2.45, 2.75) is 50.7 Å². The van der Waals surface area contributed by atoms with Crippen LogP contribution in [0.25, 0.3) is 11.1 Å². The number of thiocarbonyl (C=S) groups is 2. The summed E-state index contributed by atoms with van der Waals surface area (Å²) in [6.45, 7) is 5.60. The molecule has 2 aromatic carbocycles. The normalized spacial score (nSPS) is 22.5. The third kappa shape index (κ3) is 9.55. The van der Waals surface area contributed by atoms with E-state index >= 15 is 0 Å². The standard InChI is InChI=1S/C17H16Br2O5S.C15H14Br2O4.C2H3ClOS/c1-9-6-10(18)12(11(19)7-9)13-14(23-16(25)21-2)17(24-15(13)20)4-3-5-22-8-17;1-8-5-9(16)11(10(17)6-8)12-13(18)15(21-14(12)19)3-2-4-20-7-15;1-4-2(3)5/h6-7H,3-5,8H2,1-2H3;5-6,18H,2-4,7H2,1H3;1H3. The van der Waals surface area contributed by atoms with Crippen molar-refractivity contribution >= 4 is 133 Å². The fourth-order valence-corrected chi connectivity index (χ4v) is 9.55. The number of rotatable bonds is 3. The molecule has 10 nitrogen and oxygen atoms in total. The molecular formula is C34H33Br4ClO10S2. The first kappa shape index (κ1) is 42.1. The summed E-state index contributed by atoms with van der Waals surface area (Å²) < 4.78 is 40.2. The number of carbonyl (C=O) groups is 2. The van der Waals surface area contributed by atoms with Crippen LogP contribution in [-0.2, 0) is 42.7 Å². The molecule has 2 fully saturated rings. The number of hydrogen-bond donors (Lipinski definition) is 1. The molecule has 0 aliphatic carbocycles. The second-order valence-corrected chi connectivity index (χ2v) is 16.4. The fourth-order valence-electron chi connectivity index (χ4n) is 5.84. The molecule has 0 bridgehead atoms. The van der Waals surface area contributed by atoms with Crippen LogP contribution in [0.15, 0.2) is 53.7 Å². The molecule has 2 atom stereocenters. The predicted octanol–water partition coefficient (Wildman–Crippen LogP) is 9.34. The van der Waals surface area contributed by atoms with Crippen LogP contribution in [0.1, 0.15) is 47.9 Å². The van der Waals surface area contributed by atoms with Crippen molar-refractivity contribution in [3.05, 3.63) is 75.9 Å². The maximum Gasteiger partial charge on any atom is 0.357 e. The van der Waals surface area contributed by atoms with Crippen molar-refractivity contribution in [3.8, 4) is 0 Å². The highest BCUT2D eigenvalue weighted by molar-refractivity contribution is 9.11. The van der Waals surface area contributed by atoms with Gasteiger partial charge in [0.1, 0.15) is 11.1 Å². The van der Waals surface area contributed by atoms with Gasteiger partial charge in [0.25, 0.3) is 4.51 Å². The highest BCUT2D eigenvalue weighted by atomic mass is 79.9. The number of carbonyl (C=O) groups excluding carboxylic acids is 2. The van der Waals surface area contributed by atoms with Crippen molar-refractivity contribution in [1.29, 1.82) is 0 Å². The largest absolute Gasteiger partial charge is 0.507 e. The van der Waals surface area contributed by atoms with Gasteiger partial charge in [-0.3, -0.25) is 0 Å². The first-order valence-corrected chi connectivity index (χ1v) is 19.7. The van der Waals surface area contributed by atoms with E-state index in [0.29, 0.717) is 48.5 Å². The number of aryl methyl sites for hydroxylation is 2. The van der Waals surface area contributed by atoms with Crippen molar-refractivity contribution in [2.24, 2.45) is 0 Å². The summed E-state index contributed by atoms with van der Waals surface area (Å²) in [6, 6.07) is 7.65. The topological polar surface area (TPSA) is 119 Å². The summed E-state index contributed by atoms with van der Waals surface area (Å²) in [5.74, 6) is -0.667. The molecule has 0 amide bonds. The minimum Gasteiger partial charge on any atom is -0.507 e. The lowest BCUT2D eigenvalue weighted by atomic mass is 9.91. The van der Waals surface area contributed by atoms with Gasteiger partial charge in [-0.15, -0.1) is 0 Å². The maximum absolute atomic E-state index is 12.8. The van der Waals surface area contributed by atoms with Crippen LogP contribution in [-0.4, -0.2) is 78.6 Å². The molecule has 51 heavy (non-hydrogen) atoms. The quantitative estimate of drug-likeness (QED) is 0.179. The van der Waals surface area contributed by atoms with Gasteiger partial charge in [-0.1, -0.05) is 63.7 Å². The number of benzene rings is 2. The molecule has 2 saturated heterocycles. The number of halogens is 5. The van der Waals surface area contributed by atoms with Crippen molar-refractivity contribution in [2.75, 3.05) is 40.6 Å². The van der Waals surface area contributed by atoms with E-state index in [2.05, 4.69) is 80.7 Å². The zero-order valence-corrected chi connectivity index (χ0v) is 36.5. The SMILES string of the molecule is COC(=S)Cl.COC(=S)OC1=C(c2c(Br)cc(C)cc2Br)C(=O)OC12CCCOC2.Cc1cc(Br)c(C2=C(O)C3(CCCOC3)OC2=O)c(Br)c1. The number of aliphatic hydroxyl groups excluding tert-OH is 1. The van der Waals surface area contributed by atoms with Crippen LogP contribution in [0.2, 0.25) is 0 Å². The van der Waals surface area contributed by atoms with Gasteiger partial charge in [-0.05, 0) is 98.7 Å². The molecule has 2 unspecified atom stereocenters. The summed E-state index contributed by atoms with van der Waals surface area (Å²) in [5.41, 5.74) is 1.89. The lowest BCUT2D eigenvalue weighted by molar-refractivity contribution is -0.159. The van der Waals surface area contributed by atoms with E-state index < -0.39 is 23.1 Å². The molecule has 0 saturated carbocycles. The average molecular weight is 1020 g/mol. The highest BCUT2D eigenvalue weighted by Crippen LogP contribution is 2.47. The molecule has 4 aliphatic rings. The molecule has 2 spiro atoms. The molecule has 276 valence electrons. The van der Waals surface area contributed by atoms with Crippen LogP contribution >= 0.6 is 99.8 Å². The smallest absolute Gasteiger partial charge is 0.357 e. The van der Waals surface area contributed by atoms with Crippen molar-refractivity contribution in [3.63, 3.8) is 0 Å². The Morgan fingerprint density at radius 2 is 1.18 bits per heavy atom. The second-order valence-electron chi connectivity index (χ2n) is 11.7. The molecule has 6 rings (SSSR count). The van der Waals surface area contributed by atoms with E-state index in [0.717, 1.165) is 41.9 Å². The van der Waals surface area contributed by atoms with Gasteiger partial charge >= 0.3 is 17.2 Å². The minimum atomic E-state index is -1.02. The number of ether oxygens (including phenoxy) is 7. The summed E-state index contributed by atoms with van der Waals surface area (Å²) in [4.78, 5) is 25.1. The fraction of sp³-hybridized carbons (Fsp3) is 0.412. The molecule has 2 aromatic rings. The highest BCUT2D eigenvalue weighted by Gasteiger charge is 2.53. The van der Waals surface area contributed by atoms with E-state index in [9.17, 15) is 14.7 Å². The van der Waals surface area contributed by atoms with Gasteiger partial charge < -0.3 is 38.3 Å². The summed E-state index contributed by atoms with van der Waals surface area (Å²) in [6.07, 6.45) is 2.68. The molecular weight excluding hydrogens is 988 g/mol. The Balaban J connectivity index is 0.000000204. The lowest BCUT2D eigenvalue weighted by Gasteiger charge is -2.33. The molecule has 17 heteroatoms. The predicted molar refractivity (Wildman–Crippen MR) is 214 cm³/mol. The third-order valence-electron chi connectivity index (χ3n) is 8.09. The zero-order valence-electron chi connectivity index (χ0n) is 27.8. The van der Waals surface area contributed by atoms with E-state index in [1.807, 2.05) is 38.1 Å². The Bertz CT molecular complexity index is 1740. The Labute approximate surface area is 345 Å². The molecule has 0 radical (unpaired) electrons. The second kappa shape index (κ2) is 18.1. The van der Waals surface area contributed by atoms with Gasteiger partial charge in [-0.2, -0.15) is 0 Å².